The van der Waals surface area contributed by atoms with Crippen LogP contribution >= 0.6 is 24.0 Å². The van der Waals surface area contributed by atoms with E-state index >= 15 is 0 Å². The first kappa shape index (κ1) is 16.5. The van der Waals surface area contributed by atoms with E-state index in [0.717, 1.165) is 42.6 Å². The molecule has 2 heterocycles. The van der Waals surface area contributed by atoms with Crippen LogP contribution in [-0.2, 0) is 6.54 Å². The molecule has 3 rings (SSSR count). The summed E-state index contributed by atoms with van der Waals surface area (Å²) in [5.74, 6) is 1.65. The first-order chi connectivity index (χ1) is 10.3. The summed E-state index contributed by atoms with van der Waals surface area (Å²) >= 11 is 0. The normalized spacial score (nSPS) is 13.6. The topological polar surface area (TPSA) is 76.4 Å². The van der Waals surface area contributed by atoms with Crippen LogP contribution in [0.25, 0.3) is 5.69 Å². The van der Waals surface area contributed by atoms with Crippen molar-refractivity contribution in [2.75, 3.05) is 20.2 Å². The van der Waals surface area contributed by atoms with E-state index in [0.29, 0.717) is 6.54 Å². The number of benzene rings is 1. The Labute approximate surface area is 146 Å². The smallest absolute Gasteiger partial charge is 0.191 e. The van der Waals surface area contributed by atoms with Crippen molar-refractivity contribution in [1.82, 2.24) is 25.6 Å². The van der Waals surface area contributed by atoms with Crippen LogP contribution in [0, 0.1) is 0 Å². The summed E-state index contributed by atoms with van der Waals surface area (Å²) in [4.78, 5) is 4.35. The molecule has 0 saturated carbocycles. The highest BCUT2D eigenvalue weighted by atomic mass is 127. The Morgan fingerprint density at radius 1 is 1.32 bits per heavy atom. The van der Waals surface area contributed by atoms with Crippen molar-refractivity contribution in [3.8, 4) is 11.4 Å². The lowest BCUT2D eigenvalue weighted by molar-refractivity contribution is 0.414. The summed E-state index contributed by atoms with van der Waals surface area (Å²) in [5, 5.41) is 14.7. The minimum absolute atomic E-state index is 0. The van der Waals surface area contributed by atoms with Gasteiger partial charge in [-0.25, -0.2) is 4.68 Å². The Morgan fingerprint density at radius 2 is 2.14 bits per heavy atom. The molecule has 118 valence electrons. The van der Waals surface area contributed by atoms with Crippen molar-refractivity contribution >= 4 is 29.9 Å². The van der Waals surface area contributed by atoms with E-state index in [4.69, 9.17) is 4.74 Å². The van der Waals surface area contributed by atoms with Crippen molar-refractivity contribution in [2.45, 2.75) is 13.0 Å². The Kier molecular flexibility index (Phi) is 5.99. The first-order valence-electron chi connectivity index (χ1n) is 6.93. The summed E-state index contributed by atoms with van der Waals surface area (Å²) in [7, 11) is 1.65. The average Bonchev–Trinajstić information content (AvgIpc) is 3.03. The Balaban J connectivity index is 0.00000176. The van der Waals surface area contributed by atoms with Crippen LogP contribution in [0.1, 0.15) is 12.1 Å². The maximum Gasteiger partial charge on any atom is 0.191 e. The fourth-order valence-electron chi connectivity index (χ4n) is 2.07. The summed E-state index contributed by atoms with van der Waals surface area (Å²) in [6.45, 7) is 2.43. The highest BCUT2D eigenvalue weighted by Crippen LogP contribution is 2.14. The van der Waals surface area contributed by atoms with Crippen molar-refractivity contribution in [3.63, 3.8) is 0 Å². The number of hydrogen-bond acceptors (Lipinski definition) is 6. The maximum absolute atomic E-state index is 5.14. The van der Waals surface area contributed by atoms with Crippen molar-refractivity contribution in [3.05, 3.63) is 36.2 Å². The molecule has 0 saturated heterocycles. The number of aliphatic imine (C=N–C) groups is 1. The lowest BCUT2D eigenvalue weighted by Crippen LogP contribution is -2.40. The van der Waals surface area contributed by atoms with Gasteiger partial charge in [-0.05, 0) is 30.7 Å². The molecule has 0 amide bonds. The number of hydrogen-bond donors (Lipinski definition) is 2. The molecule has 0 aliphatic carbocycles. The summed E-state index contributed by atoms with van der Waals surface area (Å²) < 4.78 is 6.88. The molecule has 2 N–H and O–H groups in total. The van der Waals surface area contributed by atoms with Crippen LogP contribution in [0.3, 0.4) is 0 Å². The molecule has 0 atom stereocenters. The molecule has 22 heavy (non-hydrogen) atoms. The monoisotopic (exact) mass is 414 g/mol. The van der Waals surface area contributed by atoms with Gasteiger partial charge in [0.15, 0.2) is 5.96 Å². The van der Waals surface area contributed by atoms with Crippen molar-refractivity contribution in [1.29, 1.82) is 0 Å². The first-order valence-corrected chi connectivity index (χ1v) is 6.93. The number of ether oxygens (including phenoxy) is 1. The van der Waals surface area contributed by atoms with E-state index in [9.17, 15) is 0 Å². The van der Waals surface area contributed by atoms with E-state index in [2.05, 4.69) is 25.9 Å². The van der Waals surface area contributed by atoms with Crippen LogP contribution in [0.15, 0.2) is 35.5 Å². The van der Waals surface area contributed by atoms with Gasteiger partial charge in [-0.3, -0.25) is 4.99 Å². The SMILES string of the molecule is COc1ccc(-n2cc(CNC3=NCCCN3)nn2)cc1.I. The van der Waals surface area contributed by atoms with Gasteiger partial charge >= 0.3 is 0 Å². The summed E-state index contributed by atoms with van der Waals surface area (Å²) in [5.41, 5.74) is 1.81. The molecule has 1 aliphatic heterocycles. The minimum atomic E-state index is 0. The molecule has 8 heteroatoms. The van der Waals surface area contributed by atoms with Crippen LogP contribution in [0.5, 0.6) is 5.75 Å². The number of aromatic nitrogens is 3. The molecule has 0 unspecified atom stereocenters. The van der Waals surface area contributed by atoms with E-state index in [-0.39, 0.29) is 24.0 Å². The third kappa shape index (κ3) is 4.09. The number of rotatable bonds is 4. The Hall–Kier alpha value is -1.84. The van der Waals surface area contributed by atoms with Gasteiger partial charge in [-0.15, -0.1) is 29.1 Å². The zero-order valence-electron chi connectivity index (χ0n) is 12.3. The predicted molar refractivity (Wildman–Crippen MR) is 95.1 cm³/mol. The zero-order valence-corrected chi connectivity index (χ0v) is 14.7. The van der Waals surface area contributed by atoms with Crippen LogP contribution in [-0.4, -0.2) is 41.2 Å². The van der Waals surface area contributed by atoms with E-state index in [1.165, 1.54) is 0 Å². The fourth-order valence-corrected chi connectivity index (χ4v) is 2.07. The third-order valence-electron chi connectivity index (χ3n) is 3.21. The second-order valence-electron chi connectivity index (χ2n) is 4.72. The van der Waals surface area contributed by atoms with Crippen LogP contribution in [0.2, 0.25) is 0 Å². The highest BCUT2D eigenvalue weighted by molar-refractivity contribution is 14.0. The number of halogens is 1. The van der Waals surface area contributed by atoms with Crippen LogP contribution in [0.4, 0.5) is 0 Å². The highest BCUT2D eigenvalue weighted by Gasteiger charge is 2.06. The van der Waals surface area contributed by atoms with Gasteiger partial charge in [0.2, 0.25) is 0 Å². The number of nitrogens with one attached hydrogen (secondary N) is 2. The molecule has 0 fully saturated rings. The average molecular weight is 414 g/mol. The minimum Gasteiger partial charge on any atom is -0.497 e. The number of nitrogens with zero attached hydrogens (tertiary/aromatic N) is 4. The van der Waals surface area contributed by atoms with Gasteiger partial charge in [0.05, 0.1) is 25.5 Å². The van der Waals surface area contributed by atoms with Crippen molar-refractivity contribution < 1.29 is 4.74 Å². The van der Waals surface area contributed by atoms with Gasteiger partial charge in [-0.2, -0.15) is 0 Å². The van der Waals surface area contributed by atoms with E-state index in [1.807, 2.05) is 30.5 Å². The summed E-state index contributed by atoms with van der Waals surface area (Å²) in [6, 6.07) is 7.68. The Bertz CT molecular complexity index is 625. The quantitative estimate of drug-likeness (QED) is 0.739. The molecule has 7 nitrogen and oxygen atoms in total. The molecule has 0 spiro atoms. The third-order valence-corrected chi connectivity index (χ3v) is 3.21. The molecular weight excluding hydrogens is 395 g/mol. The summed E-state index contributed by atoms with van der Waals surface area (Å²) in [6.07, 6.45) is 2.98. The molecule has 1 aromatic heterocycles. The Morgan fingerprint density at radius 3 is 2.82 bits per heavy atom. The van der Waals surface area contributed by atoms with Gasteiger partial charge in [-0.1, -0.05) is 5.21 Å². The second kappa shape index (κ2) is 7.97. The van der Waals surface area contributed by atoms with E-state index < -0.39 is 0 Å². The zero-order chi connectivity index (χ0) is 14.5. The molecule has 1 aliphatic rings. The van der Waals surface area contributed by atoms with Gasteiger partial charge in [0.25, 0.3) is 0 Å². The standard InChI is InChI=1S/C14H18N6O.HI/c1-21-13-5-3-12(4-6-13)20-10-11(18-19-20)9-17-14-15-7-2-8-16-14;/h3-6,10H,2,7-9H2,1H3,(H2,15,16,17);1H. The van der Waals surface area contributed by atoms with E-state index in [1.54, 1.807) is 11.8 Å². The largest absolute Gasteiger partial charge is 0.497 e. The number of methoxy groups -OCH3 is 1. The van der Waals surface area contributed by atoms with Crippen molar-refractivity contribution in [2.24, 2.45) is 4.99 Å². The molecule has 0 bridgehead atoms. The van der Waals surface area contributed by atoms with Gasteiger partial charge in [0, 0.05) is 13.1 Å². The van der Waals surface area contributed by atoms with Gasteiger partial charge < -0.3 is 15.4 Å². The molecule has 2 aromatic rings. The predicted octanol–water partition coefficient (Wildman–Crippen LogP) is 1.33. The number of guanidine groups is 1. The molecular formula is C14H19IN6O. The maximum atomic E-state index is 5.14. The lowest BCUT2D eigenvalue weighted by Gasteiger charge is -2.14. The van der Waals surface area contributed by atoms with Crippen LogP contribution < -0.4 is 15.4 Å². The second-order valence-corrected chi connectivity index (χ2v) is 4.72. The fraction of sp³-hybridized carbons (Fsp3) is 0.357. The lowest BCUT2D eigenvalue weighted by atomic mass is 10.3. The molecule has 1 aromatic carbocycles. The van der Waals surface area contributed by atoms with Gasteiger partial charge in [0.1, 0.15) is 11.4 Å². The molecule has 0 radical (unpaired) electrons.